The molecule has 0 amide bonds. The number of rotatable bonds is 6. The van der Waals surface area contributed by atoms with Crippen LogP contribution in [-0.4, -0.2) is 29.2 Å². The van der Waals surface area contributed by atoms with Crippen LogP contribution in [0.25, 0.3) is 22.2 Å². The average Bonchev–Trinajstić information content (AvgIpc) is 2.92. The minimum atomic E-state index is -1.10. The van der Waals surface area contributed by atoms with Crippen LogP contribution in [0.1, 0.15) is 0 Å². The number of hydrogen-bond acceptors (Lipinski definition) is 5. The fourth-order valence-electron chi connectivity index (χ4n) is 2.67. The molecule has 0 saturated heterocycles. The summed E-state index contributed by atoms with van der Waals surface area (Å²) in [6, 6.07) is 8.85. The Morgan fingerprint density at radius 1 is 1.08 bits per heavy atom. The predicted molar refractivity (Wildman–Crippen MR) is 106 cm³/mol. The molecule has 0 unspecified atom stereocenters. The topological polar surface area (TPSA) is 92.0 Å². The Morgan fingerprint density at radius 3 is 2.48 bits per heavy atom. The second-order valence-electron chi connectivity index (χ2n) is 7.44. The molecule has 25 heavy (non-hydrogen) atoms. The Kier molecular flexibility index (Phi) is 4.78. The molecule has 0 atom stereocenters. The molecule has 2 heterocycles. The van der Waals surface area contributed by atoms with Crippen LogP contribution in [0.3, 0.4) is 0 Å². The summed E-state index contributed by atoms with van der Waals surface area (Å²) in [5.41, 5.74) is 15.5. The van der Waals surface area contributed by atoms with Gasteiger partial charge in [0.15, 0.2) is 0 Å². The third-order valence-electron chi connectivity index (χ3n) is 4.13. The first-order valence-electron chi connectivity index (χ1n) is 8.38. The van der Waals surface area contributed by atoms with Crippen molar-refractivity contribution in [3.63, 3.8) is 0 Å². The van der Waals surface area contributed by atoms with Crippen LogP contribution in [0.2, 0.25) is 25.7 Å². The van der Waals surface area contributed by atoms with Crippen LogP contribution in [0, 0.1) is 0 Å². The number of nitrogen functional groups attached to an aromatic ring is 2. The first-order valence-corrected chi connectivity index (χ1v) is 12.1. The summed E-state index contributed by atoms with van der Waals surface area (Å²) < 4.78 is 7.88. The Bertz CT molecular complexity index is 868. The van der Waals surface area contributed by atoms with Crippen molar-refractivity contribution in [2.24, 2.45) is 0 Å². The van der Waals surface area contributed by atoms with Crippen molar-refractivity contribution >= 4 is 30.6 Å². The zero-order valence-corrected chi connectivity index (χ0v) is 16.0. The molecule has 0 radical (unpaired) electrons. The lowest BCUT2D eigenvalue weighted by atomic mass is 10.1. The molecule has 0 bridgehead atoms. The van der Waals surface area contributed by atoms with Gasteiger partial charge >= 0.3 is 0 Å². The third-order valence-corrected chi connectivity index (χ3v) is 5.84. The van der Waals surface area contributed by atoms with Crippen LogP contribution in [0.5, 0.6) is 0 Å². The van der Waals surface area contributed by atoms with E-state index in [1.807, 2.05) is 35.0 Å². The molecule has 3 aromatic rings. The normalized spacial score (nSPS) is 12.0. The summed E-state index contributed by atoms with van der Waals surface area (Å²) >= 11 is 0. The maximum atomic E-state index is 6.13. The fourth-order valence-corrected chi connectivity index (χ4v) is 3.43. The summed E-state index contributed by atoms with van der Waals surface area (Å²) in [6.45, 7) is 8.23. The van der Waals surface area contributed by atoms with Crippen molar-refractivity contribution in [3.8, 4) is 11.1 Å². The van der Waals surface area contributed by atoms with Gasteiger partial charge in [0.2, 0.25) is 0 Å². The van der Waals surface area contributed by atoms with E-state index in [4.69, 9.17) is 16.2 Å². The first-order chi connectivity index (χ1) is 11.8. The second-order valence-corrected chi connectivity index (χ2v) is 13.1. The van der Waals surface area contributed by atoms with Crippen molar-refractivity contribution in [3.05, 3.63) is 36.8 Å². The zero-order valence-electron chi connectivity index (χ0n) is 15.0. The smallest absolute Gasteiger partial charge is 0.148 e. The number of hydrogen-bond donors (Lipinski definition) is 2. The van der Waals surface area contributed by atoms with Gasteiger partial charge < -0.3 is 20.8 Å². The average molecular weight is 356 g/mol. The summed E-state index contributed by atoms with van der Waals surface area (Å²) in [5, 5.41) is 0.848. The Labute approximate surface area is 148 Å². The van der Waals surface area contributed by atoms with Gasteiger partial charge in [-0.2, -0.15) is 19.6 Å². The van der Waals surface area contributed by atoms with E-state index in [1.54, 1.807) is 0 Å². The van der Waals surface area contributed by atoms with Crippen LogP contribution >= 0.6 is 0 Å². The molecular weight excluding hydrogens is 330 g/mol. The predicted octanol–water partition coefficient (Wildman–Crippen LogP) is 3.58. The van der Waals surface area contributed by atoms with Crippen LogP contribution in [0.15, 0.2) is 36.8 Å². The number of benzene rings is 1. The van der Waals surface area contributed by atoms with Crippen LogP contribution in [-0.2, 0) is 11.5 Å². The van der Waals surface area contributed by atoms with Gasteiger partial charge in [0.25, 0.3) is 0 Å². The van der Waals surface area contributed by atoms with E-state index in [2.05, 4.69) is 29.6 Å². The number of aromatic nitrogens is 3. The van der Waals surface area contributed by atoms with Crippen molar-refractivity contribution in [1.82, 2.24) is 14.5 Å². The van der Waals surface area contributed by atoms with Crippen molar-refractivity contribution in [2.45, 2.75) is 32.4 Å². The minimum absolute atomic E-state index is 0.451. The molecule has 3 rings (SSSR count). The highest BCUT2D eigenvalue weighted by Crippen LogP contribution is 2.32. The number of nitrogens with zero attached hydrogens (tertiary/aromatic N) is 3. The highest BCUT2D eigenvalue weighted by atomic mass is 28.3. The molecule has 0 fully saturated rings. The number of nitrogens with two attached hydrogens (primary N) is 2. The molecule has 7 heteroatoms. The van der Waals surface area contributed by atoms with Crippen molar-refractivity contribution < 1.29 is 4.74 Å². The fraction of sp³-hybridized carbons (Fsp3) is 0.333. The Hall–Kier alpha value is -2.38. The van der Waals surface area contributed by atoms with Gasteiger partial charge in [0, 0.05) is 24.1 Å². The van der Waals surface area contributed by atoms with Crippen LogP contribution in [0.4, 0.5) is 11.5 Å². The maximum Gasteiger partial charge on any atom is 0.148 e. The van der Waals surface area contributed by atoms with E-state index in [0.29, 0.717) is 12.5 Å². The summed E-state index contributed by atoms with van der Waals surface area (Å²) in [4.78, 5) is 8.56. The zero-order chi connectivity index (χ0) is 18.0. The quantitative estimate of drug-likeness (QED) is 0.400. The molecule has 4 N–H and O–H groups in total. The van der Waals surface area contributed by atoms with Crippen LogP contribution < -0.4 is 11.5 Å². The lowest BCUT2D eigenvalue weighted by Gasteiger charge is -2.26. The molecule has 0 spiro atoms. The first kappa shape index (κ1) is 17.4. The van der Waals surface area contributed by atoms with Crippen molar-refractivity contribution in [1.29, 1.82) is 0 Å². The molecule has 1 aromatic carbocycles. The molecule has 0 aliphatic carbocycles. The molecule has 133 valence electrons. The van der Waals surface area contributed by atoms with Gasteiger partial charge in [-0.15, -0.1) is 14.1 Å². The summed E-state index contributed by atoms with van der Waals surface area (Å²) in [7, 11) is -1.10. The number of anilines is 2. The number of ether oxygens (including phenoxy) is 1. The van der Waals surface area contributed by atoms with Gasteiger partial charge in [-0.3, -0.25) is 0 Å². The van der Waals surface area contributed by atoms with Gasteiger partial charge in [0.1, 0.15) is 24.5 Å². The van der Waals surface area contributed by atoms with Gasteiger partial charge in [-0.1, -0.05) is 12.1 Å². The minimum Gasteiger partial charge on any atom is -0.399 e. The second kappa shape index (κ2) is 6.85. The highest BCUT2D eigenvalue weighted by molar-refractivity contribution is 6.76. The molecule has 2 aromatic heterocycles. The standard InChI is InChI=1S/C18H25N5OSi/c1-25(2,3)9-8-24-12-23-10-15(13-4-6-14(19)7-5-13)16-17(20)21-11-22-18(16)23/h4-7,10-11H,8-9,12,19H2,1-3H3,(H2,20,21,22)/q-1. The Balaban J connectivity index is 1.92. The lowest BCUT2D eigenvalue weighted by molar-refractivity contribution is 0.0899. The molecular formula is C18H25N5OSi-. The van der Waals surface area contributed by atoms with Gasteiger partial charge in [-0.05, 0) is 17.7 Å². The van der Waals surface area contributed by atoms with E-state index in [9.17, 15) is 0 Å². The van der Waals surface area contributed by atoms with Gasteiger partial charge in [-0.25, -0.2) is 9.97 Å². The van der Waals surface area contributed by atoms with Gasteiger partial charge in [0.05, 0.1) is 5.39 Å². The summed E-state index contributed by atoms with van der Waals surface area (Å²) in [5.74, 6) is 0.470. The Morgan fingerprint density at radius 2 is 1.80 bits per heavy atom. The van der Waals surface area contributed by atoms with E-state index in [-0.39, 0.29) is 0 Å². The molecule has 0 saturated carbocycles. The number of fused-ring (bicyclic) bond motifs is 1. The molecule has 6 nitrogen and oxygen atoms in total. The molecule has 0 aliphatic heterocycles. The lowest BCUT2D eigenvalue weighted by Crippen LogP contribution is -2.22. The van der Waals surface area contributed by atoms with E-state index < -0.39 is 8.07 Å². The maximum absolute atomic E-state index is 6.13. The third kappa shape index (κ3) is 4.00. The monoisotopic (exact) mass is 355 g/mol. The van der Waals surface area contributed by atoms with E-state index in [1.165, 1.54) is 6.33 Å². The summed E-state index contributed by atoms with van der Waals surface area (Å²) in [6.07, 6.45) is 3.51. The SMILES string of the molecule is C[Si-](C)(C)CCOCn1cc(-c2ccc(N)cc2)c2c(N)ncnc21. The highest BCUT2D eigenvalue weighted by Gasteiger charge is 2.15. The molecule has 0 aliphatic rings. The largest absolute Gasteiger partial charge is 0.399 e. The van der Waals surface area contributed by atoms with E-state index in [0.717, 1.165) is 40.5 Å². The van der Waals surface area contributed by atoms with Crippen molar-refractivity contribution in [2.75, 3.05) is 18.1 Å². The van der Waals surface area contributed by atoms with E-state index >= 15 is 0 Å².